The topological polar surface area (TPSA) is 110 Å². The van der Waals surface area contributed by atoms with Crippen LogP contribution < -0.4 is 5.32 Å². The Kier molecular flexibility index (Phi) is 5.66. The van der Waals surface area contributed by atoms with Crippen molar-refractivity contribution in [3.8, 4) is 0 Å². The second-order valence-electron chi connectivity index (χ2n) is 4.85. The molecule has 1 aromatic rings. The fourth-order valence-corrected chi connectivity index (χ4v) is 1.94. The molecule has 1 atom stereocenters. The van der Waals surface area contributed by atoms with Gasteiger partial charge in [-0.25, -0.2) is 0 Å². The molecule has 0 aromatic heterocycles. The fourth-order valence-electron chi connectivity index (χ4n) is 1.69. The lowest BCUT2D eigenvalue weighted by atomic mass is 10.0. The van der Waals surface area contributed by atoms with Gasteiger partial charge in [-0.15, -0.1) is 0 Å². The van der Waals surface area contributed by atoms with Gasteiger partial charge in [0.05, 0.1) is 11.3 Å². The lowest BCUT2D eigenvalue weighted by molar-refractivity contribution is -0.384. The van der Waals surface area contributed by atoms with Crippen molar-refractivity contribution in [3.05, 3.63) is 38.9 Å². The summed E-state index contributed by atoms with van der Waals surface area (Å²) in [6.45, 7) is 3.58. The van der Waals surface area contributed by atoms with Gasteiger partial charge in [0.2, 0.25) is 0 Å². The van der Waals surface area contributed by atoms with Gasteiger partial charge < -0.3 is 10.4 Å². The Morgan fingerprint density at radius 3 is 2.48 bits per heavy atom. The molecule has 0 saturated heterocycles. The normalized spacial score (nSPS) is 12.0. The molecular formula is C13H15ClN2O5. The molecule has 1 aromatic carbocycles. The molecule has 1 rings (SSSR count). The number of nitro benzene ring substituents is 1. The first-order valence-corrected chi connectivity index (χ1v) is 6.56. The Bertz CT molecular complexity index is 574. The molecule has 0 fully saturated rings. The molecule has 0 aliphatic heterocycles. The summed E-state index contributed by atoms with van der Waals surface area (Å²) in [7, 11) is 0. The molecule has 1 unspecified atom stereocenters. The predicted octanol–water partition coefficient (Wildman–Crippen LogP) is 2.48. The molecule has 0 aliphatic carbocycles. The number of amides is 1. The van der Waals surface area contributed by atoms with E-state index in [2.05, 4.69) is 5.32 Å². The molecule has 8 heteroatoms. The third-order valence-electron chi connectivity index (χ3n) is 2.92. The highest BCUT2D eigenvalue weighted by atomic mass is 35.5. The van der Waals surface area contributed by atoms with E-state index in [0.717, 1.165) is 6.07 Å². The van der Waals surface area contributed by atoms with Crippen molar-refractivity contribution in [3.63, 3.8) is 0 Å². The lowest BCUT2D eigenvalue weighted by Crippen LogP contribution is -2.40. The van der Waals surface area contributed by atoms with Crippen LogP contribution in [0.15, 0.2) is 18.2 Å². The van der Waals surface area contributed by atoms with Crippen LogP contribution in [0.2, 0.25) is 5.02 Å². The van der Waals surface area contributed by atoms with Crippen LogP contribution in [0.25, 0.3) is 0 Å². The molecular weight excluding hydrogens is 300 g/mol. The van der Waals surface area contributed by atoms with E-state index >= 15 is 0 Å². The summed E-state index contributed by atoms with van der Waals surface area (Å²) < 4.78 is 0. The molecule has 0 spiro atoms. The minimum absolute atomic E-state index is 0.0708. The highest BCUT2D eigenvalue weighted by Gasteiger charge is 2.21. The Morgan fingerprint density at radius 1 is 1.43 bits per heavy atom. The number of carboxylic acids is 1. The molecule has 0 saturated carbocycles. The highest BCUT2D eigenvalue weighted by molar-refractivity contribution is 6.33. The van der Waals surface area contributed by atoms with Gasteiger partial charge in [0.25, 0.3) is 11.6 Å². The average molecular weight is 315 g/mol. The van der Waals surface area contributed by atoms with Gasteiger partial charge in [-0.05, 0) is 18.1 Å². The minimum atomic E-state index is -1.02. The zero-order chi connectivity index (χ0) is 16.2. The third-order valence-corrected chi connectivity index (χ3v) is 3.23. The number of hydrogen-bond donors (Lipinski definition) is 2. The Labute approximate surface area is 126 Å². The van der Waals surface area contributed by atoms with Crippen molar-refractivity contribution in [1.29, 1.82) is 0 Å². The number of carbonyl (C=O) groups excluding carboxylic acids is 1. The third kappa shape index (κ3) is 4.71. The molecule has 0 bridgehead atoms. The van der Waals surface area contributed by atoms with Crippen LogP contribution in [-0.2, 0) is 4.79 Å². The molecule has 0 heterocycles. The van der Waals surface area contributed by atoms with E-state index in [0.29, 0.717) is 0 Å². The lowest BCUT2D eigenvalue weighted by Gasteiger charge is -2.20. The van der Waals surface area contributed by atoms with Crippen molar-refractivity contribution in [2.45, 2.75) is 26.3 Å². The van der Waals surface area contributed by atoms with Gasteiger partial charge in [0, 0.05) is 17.7 Å². The van der Waals surface area contributed by atoms with Gasteiger partial charge in [-0.3, -0.25) is 19.7 Å². The van der Waals surface area contributed by atoms with E-state index in [9.17, 15) is 19.7 Å². The maximum absolute atomic E-state index is 12.0. The number of carbonyl (C=O) groups is 2. The monoisotopic (exact) mass is 314 g/mol. The highest BCUT2D eigenvalue weighted by Crippen LogP contribution is 2.25. The summed E-state index contributed by atoms with van der Waals surface area (Å²) in [5.41, 5.74) is -0.152. The number of nitrogens with zero attached hydrogens (tertiary/aromatic N) is 1. The SMILES string of the molecule is CC(C)C(CC(=O)O)NC(=O)c1ccc([N+](=O)[O-])c(Cl)c1. The van der Waals surface area contributed by atoms with E-state index < -0.39 is 22.8 Å². The van der Waals surface area contributed by atoms with Crippen molar-refractivity contribution >= 4 is 29.2 Å². The van der Waals surface area contributed by atoms with Crippen LogP contribution in [0.4, 0.5) is 5.69 Å². The molecule has 21 heavy (non-hydrogen) atoms. The smallest absolute Gasteiger partial charge is 0.305 e. The Balaban J connectivity index is 2.90. The van der Waals surface area contributed by atoms with Gasteiger partial charge in [0.15, 0.2) is 0 Å². The Morgan fingerprint density at radius 2 is 2.05 bits per heavy atom. The van der Waals surface area contributed by atoms with Crippen LogP contribution >= 0.6 is 11.6 Å². The summed E-state index contributed by atoms with van der Waals surface area (Å²) in [4.78, 5) is 32.8. The zero-order valence-electron chi connectivity index (χ0n) is 11.5. The van der Waals surface area contributed by atoms with E-state index in [-0.39, 0.29) is 28.6 Å². The summed E-state index contributed by atoms with van der Waals surface area (Å²) in [6.07, 6.45) is -0.204. The van der Waals surface area contributed by atoms with Crippen molar-refractivity contribution < 1.29 is 19.6 Å². The van der Waals surface area contributed by atoms with Gasteiger partial charge >= 0.3 is 5.97 Å². The minimum Gasteiger partial charge on any atom is -0.481 e. The molecule has 7 nitrogen and oxygen atoms in total. The first-order chi connectivity index (χ1) is 9.72. The number of carboxylic acid groups (broad SMARTS) is 1. The van der Waals surface area contributed by atoms with Crippen molar-refractivity contribution in [2.75, 3.05) is 0 Å². The number of nitrogens with one attached hydrogen (secondary N) is 1. The number of aliphatic carboxylic acids is 1. The molecule has 114 valence electrons. The Hall–Kier alpha value is -2.15. The second-order valence-corrected chi connectivity index (χ2v) is 5.25. The van der Waals surface area contributed by atoms with Crippen LogP contribution in [0, 0.1) is 16.0 Å². The number of hydrogen-bond acceptors (Lipinski definition) is 4. The average Bonchev–Trinajstić information content (AvgIpc) is 2.36. The summed E-state index contributed by atoms with van der Waals surface area (Å²) in [6, 6.07) is 3.06. The summed E-state index contributed by atoms with van der Waals surface area (Å²) in [5, 5.41) is 21.9. The number of rotatable bonds is 6. The van der Waals surface area contributed by atoms with Crippen LogP contribution in [-0.4, -0.2) is 27.9 Å². The first kappa shape index (κ1) is 16.9. The largest absolute Gasteiger partial charge is 0.481 e. The first-order valence-electron chi connectivity index (χ1n) is 6.19. The summed E-state index contributed by atoms with van der Waals surface area (Å²) >= 11 is 5.74. The standard InChI is InChI=1S/C13H15ClN2O5/c1-7(2)10(6-12(17)18)15-13(19)8-3-4-11(16(20)21)9(14)5-8/h3-5,7,10H,6H2,1-2H3,(H,15,19)(H,17,18). The maximum atomic E-state index is 12.0. The van der Waals surface area contributed by atoms with Crippen molar-refractivity contribution in [2.24, 2.45) is 5.92 Å². The number of nitro groups is 1. The van der Waals surface area contributed by atoms with Gasteiger partial charge in [-0.2, -0.15) is 0 Å². The van der Waals surface area contributed by atoms with E-state index in [1.165, 1.54) is 12.1 Å². The van der Waals surface area contributed by atoms with Crippen LogP contribution in [0.3, 0.4) is 0 Å². The molecule has 2 N–H and O–H groups in total. The van der Waals surface area contributed by atoms with Crippen molar-refractivity contribution in [1.82, 2.24) is 5.32 Å². The van der Waals surface area contributed by atoms with Gasteiger partial charge in [0.1, 0.15) is 5.02 Å². The van der Waals surface area contributed by atoms with Crippen LogP contribution in [0.1, 0.15) is 30.6 Å². The summed E-state index contributed by atoms with van der Waals surface area (Å²) in [5.74, 6) is -1.61. The number of halogens is 1. The van der Waals surface area contributed by atoms with Gasteiger partial charge in [-0.1, -0.05) is 25.4 Å². The predicted molar refractivity (Wildman–Crippen MR) is 76.5 cm³/mol. The molecule has 0 radical (unpaired) electrons. The van der Waals surface area contributed by atoms with Crippen LogP contribution in [0.5, 0.6) is 0 Å². The molecule has 1 amide bonds. The quantitative estimate of drug-likeness (QED) is 0.619. The van der Waals surface area contributed by atoms with E-state index in [1.807, 2.05) is 0 Å². The molecule has 0 aliphatic rings. The van der Waals surface area contributed by atoms with E-state index in [1.54, 1.807) is 13.8 Å². The zero-order valence-corrected chi connectivity index (χ0v) is 12.3. The second kappa shape index (κ2) is 7.03. The van der Waals surface area contributed by atoms with E-state index in [4.69, 9.17) is 16.7 Å². The maximum Gasteiger partial charge on any atom is 0.305 e. The fraction of sp³-hybridized carbons (Fsp3) is 0.385. The number of benzene rings is 1.